The summed E-state index contributed by atoms with van der Waals surface area (Å²) < 4.78 is 0. The summed E-state index contributed by atoms with van der Waals surface area (Å²) in [7, 11) is 0. The number of amides is 6. The maximum Gasteiger partial charge on any atom is 0.326 e. The van der Waals surface area contributed by atoms with Gasteiger partial charge < -0.3 is 51.7 Å². The monoisotopic (exact) mass is 2050 g/mol. The summed E-state index contributed by atoms with van der Waals surface area (Å²) >= 11 is 0. The third kappa shape index (κ3) is 31.8. The maximum atomic E-state index is 14.7. The Balaban J connectivity index is 0.000000187. The summed E-state index contributed by atoms with van der Waals surface area (Å²) in [6, 6.07) is -5.24. The Morgan fingerprint density at radius 3 is 1.00 bits per heavy atom. The van der Waals surface area contributed by atoms with Gasteiger partial charge in [0.05, 0.1) is 30.7 Å². The van der Waals surface area contributed by atoms with Crippen molar-refractivity contribution in [1.82, 2.24) is 60.6 Å². The molecular formula is C116H173N13O19. The second kappa shape index (κ2) is 54.1. The van der Waals surface area contributed by atoms with Crippen molar-refractivity contribution in [3.63, 3.8) is 0 Å². The zero-order valence-corrected chi connectivity index (χ0v) is 90.4. The Hall–Kier alpha value is -9.56. The van der Waals surface area contributed by atoms with Crippen molar-refractivity contribution in [2.45, 2.75) is 420 Å². The molecule has 148 heavy (non-hydrogen) atoms. The number of nitrogens with one attached hydrogen (secondary N) is 3. The van der Waals surface area contributed by atoms with Gasteiger partial charge in [0.2, 0.25) is 41.2 Å². The van der Waals surface area contributed by atoms with Gasteiger partial charge in [-0.15, -0.1) is 0 Å². The van der Waals surface area contributed by atoms with Gasteiger partial charge in [0.25, 0.3) is 0 Å². The first kappa shape index (κ1) is 117. The molecule has 8 N–H and O–H groups in total. The summed E-state index contributed by atoms with van der Waals surface area (Å²) in [6.45, 7) is 24.4. The van der Waals surface area contributed by atoms with E-state index in [2.05, 4.69) is 45.9 Å². The first-order valence-electron chi connectivity index (χ1n) is 56.7. The van der Waals surface area contributed by atoms with Crippen LogP contribution in [0.3, 0.4) is 0 Å². The zero-order chi connectivity index (χ0) is 107. The molecule has 3 saturated heterocycles. The van der Waals surface area contributed by atoms with Crippen LogP contribution in [0.5, 0.6) is 0 Å². The number of Topliss-reactive ketones (excluding diaryl/α,β-unsaturated/α-hetero) is 9. The highest BCUT2D eigenvalue weighted by Crippen LogP contribution is 2.50. The van der Waals surface area contributed by atoms with E-state index in [1.54, 1.807) is 9.80 Å². The van der Waals surface area contributed by atoms with E-state index in [4.69, 9.17) is 5.73 Å². The molecule has 32 heteroatoms. The van der Waals surface area contributed by atoms with Gasteiger partial charge in [-0.25, -0.2) is 19.7 Å². The standard InChI is InChI=1S/C39H58N4O6.C39H56N4O6.C28H40N4O5.C10H19NO2/c2*1-5-10-26(35(47)33(46)19-24-15-16-24)20-32(45)34-28-14-9-13-27(28)23-43(34)38(49)36(39(2,3)4)42-37(48)29(25-11-7-6-8-12-25)21-31(44)30-22-40-17-18-41-30;1-28(2,3)24(26(35)32-16-18-10-7-11-19(18)23(32)27(36)37)31-25(34)20(17-8-5-4-6-9-17)14-22(33)21-15-29-12-13-30-21;1-2-3-8(11)10(13)9(12)6-7-4-5-7/h17-18,22,24-29,34-36,47H,5-16,19-21,23H2,1-4H3,(H,42,48);17-18,22,24-29,34,36H,5-16,19-21,23H2,1-4H3,(H,42,48);12-13,15,17-20,23-24H,4-11,14,16H2,1-3H3,(H,31,34)(H,36,37);7-8,10,13H,2-6,11H2,1H3/t26-,27+,28+,29+,34+,35?,36-;26-,27+,28+,29+,34+,36-;18-,19-,20-,23-,24+;8-,10?/m1100/s1. The predicted molar refractivity (Wildman–Crippen MR) is 557 cm³/mol. The van der Waals surface area contributed by atoms with Crippen LogP contribution in [-0.2, 0) is 62.3 Å². The van der Waals surface area contributed by atoms with Crippen molar-refractivity contribution < 1.29 is 92.0 Å². The van der Waals surface area contributed by atoms with Gasteiger partial charge in [-0.05, 0) is 228 Å². The highest BCUT2D eigenvalue weighted by molar-refractivity contribution is 6.38. The average molecular weight is 2050 g/mol. The van der Waals surface area contributed by atoms with E-state index in [0.29, 0.717) is 69.5 Å². The molecular weight excluding hydrogens is 1880 g/mol. The number of likely N-dealkylation sites (tertiary alicyclic amines) is 3. The largest absolute Gasteiger partial charge is 0.480 e. The lowest BCUT2D eigenvalue weighted by Gasteiger charge is -2.38. The van der Waals surface area contributed by atoms with Gasteiger partial charge in [0.15, 0.2) is 46.3 Å². The van der Waals surface area contributed by atoms with Crippen molar-refractivity contribution in [2.24, 2.45) is 123 Å². The van der Waals surface area contributed by atoms with E-state index in [0.717, 1.165) is 212 Å². The van der Waals surface area contributed by atoms with E-state index in [1.807, 2.05) is 83.1 Å². The van der Waals surface area contributed by atoms with E-state index >= 15 is 0 Å². The van der Waals surface area contributed by atoms with E-state index in [9.17, 15) is 92.0 Å². The number of hydrogen-bond donors (Lipinski definition) is 7. The van der Waals surface area contributed by atoms with Gasteiger partial charge >= 0.3 is 5.97 Å². The van der Waals surface area contributed by atoms with Crippen LogP contribution < -0.4 is 21.7 Å². The summed E-state index contributed by atoms with van der Waals surface area (Å²) in [4.78, 5) is 245. The molecule has 6 heterocycles. The van der Waals surface area contributed by atoms with Crippen LogP contribution in [0.1, 0.15) is 397 Å². The van der Waals surface area contributed by atoms with E-state index in [1.165, 1.54) is 60.7 Å². The number of aromatic nitrogens is 6. The van der Waals surface area contributed by atoms with Crippen molar-refractivity contribution in [3.8, 4) is 0 Å². The molecule has 9 saturated carbocycles. The number of carbonyl (C=O) groups excluding carboxylic acids is 15. The van der Waals surface area contributed by atoms with Gasteiger partial charge in [-0.1, -0.05) is 179 Å². The highest BCUT2D eigenvalue weighted by Gasteiger charge is 2.57. The molecule has 0 aromatic carbocycles. The maximum absolute atomic E-state index is 14.7. The predicted octanol–water partition coefficient (Wildman–Crippen LogP) is 15.6. The average Bonchev–Trinajstić information content (AvgIpc) is 1.61. The number of rotatable bonds is 46. The van der Waals surface area contributed by atoms with Crippen LogP contribution in [-0.4, -0.2) is 228 Å². The minimum absolute atomic E-state index is 0.00414. The van der Waals surface area contributed by atoms with Gasteiger partial charge in [0, 0.05) is 138 Å². The summed E-state index contributed by atoms with van der Waals surface area (Å²) in [5.74, 6) is -5.90. The number of carboxylic acid groups (broad SMARTS) is 1. The Labute approximate surface area is 876 Å². The first-order chi connectivity index (χ1) is 70.5. The molecule has 3 aliphatic heterocycles. The first-order valence-corrected chi connectivity index (χ1v) is 56.7. The summed E-state index contributed by atoms with van der Waals surface area (Å²) in [5, 5.41) is 39.8. The second-order valence-corrected chi connectivity index (χ2v) is 49.2. The Bertz CT molecular complexity index is 5010. The lowest BCUT2D eigenvalue weighted by Crippen LogP contribution is -2.58. The summed E-state index contributed by atoms with van der Waals surface area (Å²) in [6.07, 6.45) is 45.2. The van der Waals surface area contributed by atoms with Crippen LogP contribution in [0.4, 0.5) is 0 Å². The number of aliphatic hydroxyl groups excluding tert-OH is 2. The van der Waals surface area contributed by atoms with Crippen LogP contribution in [0, 0.1) is 117 Å². The molecule has 816 valence electrons. The fraction of sp³-hybridized carbons (Fsp3) is 0.759. The molecule has 0 spiro atoms. The SMILES string of the molecule is CC(C)(C)[C@H](NC(=O)[C@@H](CC(=O)c1cnccn1)C1CCCCC1)C(=O)N1C[C@@H]2CCC[C@@H]2[C@H]1C(=O)O.CCC[C@H](CC(=O)[C@@H]1[C@H]2CCC[C@H]2CN1C(=O)[C@@H](NC(=O)[C@@H](CC(=O)c1cnccn1)C1CCCCC1)C(C)(C)C)C(=O)C(=O)CC1CC1.CCC[C@H](CC(=O)[C@@H]1[C@H]2CCC[C@H]2CN1C(=O)[C@@H](NC(=O)[C@@H](CC(=O)c1cnccn1)C1CCCCC1)C(C)(C)C)C(O)C(=O)CC1CC1.CCC[C@H](N)C(O)C(=O)CC1CC1. The Kier molecular flexibility index (Phi) is 42.8. The topological polar surface area (TPSA) is 483 Å². The molecule has 0 bridgehead atoms. The lowest BCUT2D eigenvalue weighted by molar-refractivity contribution is -0.152. The van der Waals surface area contributed by atoms with Crippen molar-refractivity contribution in [1.29, 1.82) is 0 Å². The highest BCUT2D eigenvalue weighted by atomic mass is 16.4. The number of carbonyl (C=O) groups is 16. The van der Waals surface area contributed by atoms with Gasteiger partial charge in [-0.3, -0.25) is 86.9 Å². The number of nitrogens with two attached hydrogens (primary N) is 1. The number of carboxylic acids is 1. The number of aliphatic hydroxyl groups is 2. The number of ketones is 9. The molecule has 2 unspecified atom stereocenters. The smallest absolute Gasteiger partial charge is 0.326 e. The van der Waals surface area contributed by atoms with Crippen LogP contribution >= 0.6 is 0 Å². The number of hydrogen-bond acceptors (Lipinski definition) is 25. The van der Waals surface area contributed by atoms with E-state index < -0.39 is 106 Å². The fourth-order valence-electron chi connectivity index (χ4n) is 25.7. The van der Waals surface area contributed by atoms with Crippen LogP contribution in [0.25, 0.3) is 0 Å². The van der Waals surface area contributed by atoms with Crippen molar-refractivity contribution >= 4 is 93.5 Å². The number of aliphatic carboxylic acids is 1. The summed E-state index contributed by atoms with van der Waals surface area (Å²) in [5.41, 5.74) is 4.34. The molecule has 3 aromatic rings. The van der Waals surface area contributed by atoms with Crippen molar-refractivity contribution in [3.05, 3.63) is 72.9 Å². The number of fused-ring (bicyclic) bond motifs is 3. The fourth-order valence-corrected chi connectivity index (χ4v) is 25.7. The zero-order valence-electron chi connectivity index (χ0n) is 90.4. The molecule has 12 fully saturated rings. The third-order valence-electron chi connectivity index (χ3n) is 34.6. The molecule has 15 rings (SSSR count). The molecule has 3 aromatic heterocycles. The molecule has 12 aliphatic rings. The Morgan fingerprint density at radius 2 is 0.689 bits per heavy atom. The van der Waals surface area contributed by atoms with Crippen molar-refractivity contribution in [2.75, 3.05) is 19.6 Å². The molecule has 32 nitrogen and oxygen atoms in total. The molecule has 0 radical (unpaired) electrons. The molecule has 20 atom stereocenters. The number of nitrogens with zero attached hydrogens (tertiary/aromatic N) is 9. The molecule has 6 amide bonds. The normalized spacial score (nSPS) is 24.8. The van der Waals surface area contributed by atoms with Gasteiger partial charge in [-0.2, -0.15) is 0 Å². The minimum atomic E-state index is -1.17. The third-order valence-corrected chi connectivity index (χ3v) is 34.6. The lowest BCUT2D eigenvalue weighted by atomic mass is 9.76. The van der Waals surface area contributed by atoms with Crippen LogP contribution in [0.2, 0.25) is 0 Å². The molecule has 9 aliphatic carbocycles. The quantitative estimate of drug-likeness (QED) is 0.0204. The van der Waals surface area contributed by atoms with E-state index in [-0.39, 0.29) is 197 Å². The second-order valence-electron chi connectivity index (χ2n) is 49.2. The minimum Gasteiger partial charge on any atom is -0.480 e. The Morgan fingerprint density at radius 1 is 0.372 bits per heavy atom. The van der Waals surface area contributed by atoms with Gasteiger partial charge in [0.1, 0.15) is 53.5 Å². The van der Waals surface area contributed by atoms with Crippen LogP contribution in [0.15, 0.2) is 55.8 Å².